The van der Waals surface area contributed by atoms with Gasteiger partial charge in [0.25, 0.3) is 5.09 Å². The van der Waals surface area contributed by atoms with Crippen LogP contribution in [0.15, 0.2) is 0 Å². The summed E-state index contributed by atoms with van der Waals surface area (Å²) in [5.41, 5.74) is 0. The molecule has 0 saturated heterocycles. The fourth-order valence-corrected chi connectivity index (χ4v) is 0. The summed E-state index contributed by atoms with van der Waals surface area (Å²) in [5.74, 6) is 0.347. The van der Waals surface area contributed by atoms with Gasteiger partial charge in [0.05, 0.1) is 6.61 Å². The lowest BCUT2D eigenvalue weighted by molar-refractivity contribution is -0.742. The second kappa shape index (κ2) is 9.67. The average molecular weight is 144 g/mol. The van der Waals surface area contributed by atoms with Crippen molar-refractivity contribution >= 4 is 11.6 Å². The van der Waals surface area contributed by atoms with Crippen molar-refractivity contribution in [3.05, 3.63) is 10.1 Å². The van der Waals surface area contributed by atoms with Crippen LogP contribution in [0.4, 0.5) is 0 Å². The molecule has 0 unspecified atom stereocenters. The number of alkyl halides is 1. The highest BCUT2D eigenvalue weighted by Crippen LogP contribution is 1.63. The van der Waals surface area contributed by atoms with Gasteiger partial charge in [0.15, 0.2) is 0 Å². The van der Waals surface area contributed by atoms with Crippen molar-refractivity contribution in [2.45, 2.75) is 0 Å². The molecule has 0 bridgehead atoms. The van der Waals surface area contributed by atoms with Crippen LogP contribution < -0.4 is 0 Å². The third kappa shape index (κ3) is 533. The Bertz CT molecular complexity index is 52.0. The first-order valence-corrected chi connectivity index (χ1v) is 2.18. The Hall–Kier alpha value is -0.550. The molecule has 0 atom stereocenters. The zero-order chi connectivity index (χ0) is 6.99. The molecule has 2 N–H and O–H groups in total. The summed E-state index contributed by atoms with van der Waals surface area (Å²) < 4.78 is 0. The van der Waals surface area contributed by atoms with Crippen molar-refractivity contribution < 1.29 is 15.4 Å². The maximum absolute atomic E-state index is 8.36. The van der Waals surface area contributed by atoms with Crippen LogP contribution in [0.25, 0.3) is 0 Å². The molecule has 0 aromatic heterocycles. The standard InChI is InChI=1S/C2H5ClO.HNO3/c3-1-2-4;2-1(3)4/h4H,1-2H2;(H,2,3,4). The lowest BCUT2D eigenvalue weighted by Gasteiger charge is -1.67. The van der Waals surface area contributed by atoms with Gasteiger partial charge < -0.3 is 10.3 Å². The summed E-state index contributed by atoms with van der Waals surface area (Å²) in [4.78, 5) is 8.36. The first kappa shape index (κ1) is 10.4. The van der Waals surface area contributed by atoms with Gasteiger partial charge in [-0.05, 0) is 0 Å². The van der Waals surface area contributed by atoms with Gasteiger partial charge in [0.1, 0.15) is 0 Å². The van der Waals surface area contributed by atoms with Crippen molar-refractivity contribution in [2.24, 2.45) is 0 Å². The van der Waals surface area contributed by atoms with Crippen LogP contribution in [-0.4, -0.2) is 27.9 Å². The van der Waals surface area contributed by atoms with Gasteiger partial charge >= 0.3 is 0 Å². The molecule has 0 aromatic rings. The van der Waals surface area contributed by atoms with Crippen molar-refractivity contribution in [2.75, 3.05) is 12.5 Å². The SMILES string of the molecule is O=[N+]([O-])O.OCCCl. The van der Waals surface area contributed by atoms with Gasteiger partial charge in [-0.1, -0.05) is 0 Å². The number of halogens is 1. The molecule has 0 amide bonds. The zero-order valence-electron chi connectivity index (χ0n) is 3.95. The second-order valence-electron chi connectivity index (χ2n) is 0.650. The molecule has 0 aliphatic rings. The molecule has 0 aromatic carbocycles. The van der Waals surface area contributed by atoms with Gasteiger partial charge in [-0.2, -0.15) is 0 Å². The van der Waals surface area contributed by atoms with E-state index < -0.39 is 5.09 Å². The Morgan fingerprint density at radius 3 is 1.88 bits per heavy atom. The molecule has 0 spiro atoms. The molecule has 0 radical (unpaired) electrons. The second-order valence-corrected chi connectivity index (χ2v) is 1.03. The molecule has 6 heteroatoms. The molecule has 0 heterocycles. The minimum atomic E-state index is -1.50. The van der Waals surface area contributed by atoms with E-state index in [1.54, 1.807) is 0 Å². The first-order valence-electron chi connectivity index (χ1n) is 1.65. The van der Waals surface area contributed by atoms with Crippen LogP contribution in [0.5, 0.6) is 0 Å². The normalized spacial score (nSPS) is 6.75. The van der Waals surface area contributed by atoms with Crippen molar-refractivity contribution in [1.29, 1.82) is 0 Å². The Labute approximate surface area is 50.6 Å². The Morgan fingerprint density at radius 1 is 1.75 bits per heavy atom. The number of hydrogen-bond donors (Lipinski definition) is 2. The fraction of sp³-hybridized carbons (Fsp3) is 1.00. The summed E-state index contributed by atoms with van der Waals surface area (Å²) in [6, 6.07) is 0. The van der Waals surface area contributed by atoms with E-state index in [1.807, 2.05) is 0 Å². The minimum Gasteiger partial charge on any atom is -0.395 e. The molecular weight excluding hydrogens is 137 g/mol. The van der Waals surface area contributed by atoms with Crippen LogP contribution >= 0.6 is 11.6 Å². The van der Waals surface area contributed by atoms with Crippen molar-refractivity contribution in [1.82, 2.24) is 0 Å². The molecular formula is C2H6ClNO4. The van der Waals surface area contributed by atoms with Gasteiger partial charge in [-0.15, -0.1) is 21.7 Å². The maximum Gasteiger partial charge on any atom is 0.291 e. The largest absolute Gasteiger partial charge is 0.395 e. The molecule has 0 aliphatic heterocycles. The summed E-state index contributed by atoms with van der Waals surface area (Å²) in [6.07, 6.45) is 0. The van der Waals surface area contributed by atoms with Gasteiger partial charge in [-0.3, -0.25) is 0 Å². The molecule has 0 fully saturated rings. The van der Waals surface area contributed by atoms with E-state index >= 15 is 0 Å². The van der Waals surface area contributed by atoms with E-state index in [9.17, 15) is 0 Å². The monoisotopic (exact) mass is 143 g/mol. The summed E-state index contributed by atoms with van der Waals surface area (Å²) in [6.45, 7) is 0.0849. The highest BCUT2D eigenvalue weighted by atomic mass is 35.5. The molecule has 5 nitrogen and oxygen atoms in total. The van der Waals surface area contributed by atoms with E-state index in [1.165, 1.54) is 0 Å². The number of rotatable bonds is 1. The predicted octanol–water partition coefficient (Wildman–Crippen LogP) is -0.130. The number of hydrogen-bond acceptors (Lipinski definition) is 3. The lowest BCUT2D eigenvalue weighted by atomic mass is 10.9. The molecule has 0 aliphatic carbocycles. The van der Waals surface area contributed by atoms with Gasteiger partial charge in [-0.25, -0.2) is 0 Å². The van der Waals surface area contributed by atoms with Crippen LogP contribution in [-0.2, 0) is 0 Å². The average Bonchev–Trinajstić information content (AvgIpc) is 1.65. The summed E-state index contributed by atoms with van der Waals surface area (Å²) in [7, 11) is 0. The van der Waals surface area contributed by atoms with Crippen LogP contribution in [0.1, 0.15) is 0 Å². The van der Waals surface area contributed by atoms with E-state index in [-0.39, 0.29) is 6.61 Å². The highest BCUT2D eigenvalue weighted by molar-refractivity contribution is 6.17. The molecule has 0 saturated carbocycles. The van der Waals surface area contributed by atoms with Gasteiger partial charge in [0.2, 0.25) is 0 Å². The number of aliphatic hydroxyl groups excluding tert-OH is 1. The third-order valence-electron chi connectivity index (χ3n) is 0.0845. The molecule has 0 rings (SSSR count). The van der Waals surface area contributed by atoms with Crippen molar-refractivity contribution in [3.63, 3.8) is 0 Å². The predicted molar refractivity (Wildman–Crippen MR) is 26.6 cm³/mol. The number of nitrogens with zero attached hydrogens (tertiary/aromatic N) is 1. The summed E-state index contributed by atoms with van der Waals surface area (Å²) >= 11 is 4.94. The van der Waals surface area contributed by atoms with Crippen LogP contribution in [0.3, 0.4) is 0 Å². The van der Waals surface area contributed by atoms with E-state index in [0.29, 0.717) is 5.88 Å². The minimum absolute atomic E-state index is 0.0849. The molecule has 8 heavy (non-hydrogen) atoms. The number of aliphatic hydroxyl groups is 1. The zero-order valence-corrected chi connectivity index (χ0v) is 4.71. The Morgan fingerprint density at radius 2 is 1.88 bits per heavy atom. The fourth-order valence-electron chi connectivity index (χ4n) is 0. The van der Waals surface area contributed by atoms with E-state index in [2.05, 4.69) is 0 Å². The lowest BCUT2D eigenvalue weighted by Crippen LogP contribution is -1.81. The Kier molecular flexibility index (Phi) is 12.6. The van der Waals surface area contributed by atoms with E-state index in [0.717, 1.165) is 0 Å². The highest BCUT2D eigenvalue weighted by Gasteiger charge is 1.65. The Balaban J connectivity index is 0. The smallest absolute Gasteiger partial charge is 0.291 e. The van der Waals surface area contributed by atoms with Crippen molar-refractivity contribution in [3.8, 4) is 0 Å². The van der Waals surface area contributed by atoms with Gasteiger partial charge in [0, 0.05) is 5.88 Å². The topological polar surface area (TPSA) is 83.6 Å². The summed E-state index contributed by atoms with van der Waals surface area (Å²) in [5, 5.41) is 21.4. The van der Waals surface area contributed by atoms with E-state index in [4.69, 9.17) is 32.0 Å². The molecule has 50 valence electrons. The quantitative estimate of drug-likeness (QED) is 0.304. The third-order valence-corrected chi connectivity index (χ3v) is 0.254. The van der Waals surface area contributed by atoms with Crippen LogP contribution in [0.2, 0.25) is 0 Å². The first-order chi connectivity index (χ1) is 3.65. The maximum atomic E-state index is 8.36. The van der Waals surface area contributed by atoms with Crippen LogP contribution in [0, 0.1) is 10.1 Å².